The van der Waals surface area contributed by atoms with Gasteiger partial charge < -0.3 is 15.2 Å². The maximum atomic E-state index is 11.3. The Labute approximate surface area is 116 Å². The van der Waals surface area contributed by atoms with Crippen molar-refractivity contribution in [3.8, 4) is 5.75 Å². The van der Waals surface area contributed by atoms with Gasteiger partial charge in [0, 0.05) is 12.3 Å². The number of carboxylic acids is 1. The van der Waals surface area contributed by atoms with Crippen LogP contribution in [0.25, 0.3) is 10.8 Å². The molecule has 0 spiro atoms. The molecule has 0 aliphatic carbocycles. The topological polar surface area (TPSA) is 75.6 Å². The summed E-state index contributed by atoms with van der Waals surface area (Å²) in [4.78, 5) is 22.0. The molecule has 0 fully saturated rings. The van der Waals surface area contributed by atoms with Gasteiger partial charge in [0.25, 0.3) is 0 Å². The maximum Gasteiger partial charge on any atom is 0.339 e. The lowest BCUT2D eigenvalue weighted by molar-refractivity contribution is -0.119. The van der Waals surface area contributed by atoms with Gasteiger partial charge in [0.05, 0.1) is 6.54 Å². The molecule has 0 heterocycles. The van der Waals surface area contributed by atoms with E-state index in [1.807, 2.05) is 24.3 Å². The molecule has 2 rings (SSSR count). The summed E-state index contributed by atoms with van der Waals surface area (Å²) in [5.41, 5.74) is 0.117. The van der Waals surface area contributed by atoms with E-state index in [4.69, 9.17) is 4.74 Å². The third kappa shape index (κ3) is 3.06. The zero-order valence-electron chi connectivity index (χ0n) is 11.1. The number of benzene rings is 2. The van der Waals surface area contributed by atoms with E-state index < -0.39 is 5.97 Å². The molecule has 2 aromatic rings. The molecule has 0 radical (unpaired) electrons. The van der Waals surface area contributed by atoms with Gasteiger partial charge in [-0.2, -0.15) is 0 Å². The molecule has 0 aliphatic heterocycles. The number of carbonyl (C=O) groups is 2. The number of carboxylic acid groups (broad SMARTS) is 1. The fourth-order valence-corrected chi connectivity index (χ4v) is 1.95. The lowest BCUT2D eigenvalue weighted by Crippen LogP contribution is -2.25. The van der Waals surface area contributed by atoms with E-state index in [2.05, 4.69) is 5.32 Å². The van der Waals surface area contributed by atoms with Gasteiger partial charge in [0.1, 0.15) is 17.9 Å². The number of rotatable bonds is 5. The Balaban J connectivity index is 2.30. The normalized spacial score (nSPS) is 10.2. The summed E-state index contributed by atoms with van der Waals surface area (Å²) in [5.74, 6) is -0.851. The van der Waals surface area contributed by atoms with Crippen LogP contribution in [-0.4, -0.2) is 30.1 Å². The van der Waals surface area contributed by atoms with Gasteiger partial charge in [-0.15, -0.1) is 0 Å². The third-order valence-corrected chi connectivity index (χ3v) is 2.83. The predicted molar refractivity (Wildman–Crippen MR) is 75.1 cm³/mol. The van der Waals surface area contributed by atoms with Crippen LogP contribution in [0.15, 0.2) is 36.4 Å². The second kappa shape index (κ2) is 6.06. The van der Waals surface area contributed by atoms with Crippen LogP contribution in [0, 0.1) is 0 Å². The Morgan fingerprint density at radius 3 is 2.65 bits per heavy atom. The van der Waals surface area contributed by atoms with E-state index >= 15 is 0 Å². The monoisotopic (exact) mass is 273 g/mol. The molecule has 2 aromatic carbocycles. The van der Waals surface area contributed by atoms with Gasteiger partial charge in [-0.25, -0.2) is 4.79 Å². The Kier molecular flexibility index (Phi) is 4.20. The minimum atomic E-state index is -1.04. The fraction of sp³-hybridized carbons (Fsp3) is 0.200. The quantitative estimate of drug-likeness (QED) is 0.817. The van der Waals surface area contributed by atoms with Crippen LogP contribution in [0.2, 0.25) is 0 Å². The van der Waals surface area contributed by atoms with Gasteiger partial charge in [0.2, 0.25) is 5.91 Å². The average Bonchev–Trinajstić information content (AvgIpc) is 2.42. The predicted octanol–water partition coefficient (Wildman–Crippen LogP) is 2.05. The lowest BCUT2D eigenvalue weighted by atomic mass is 10.1. The largest absolute Gasteiger partial charge is 0.490 e. The van der Waals surface area contributed by atoms with Crippen LogP contribution in [0.3, 0.4) is 0 Å². The zero-order valence-corrected chi connectivity index (χ0v) is 11.1. The number of aromatic carboxylic acids is 1. The van der Waals surface area contributed by atoms with Gasteiger partial charge in [-0.05, 0) is 11.5 Å². The fourth-order valence-electron chi connectivity index (χ4n) is 1.95. The average molecular weight is 273 g/mol. The van der Waals surface area contributed by atoms with E-state index in [9.17, 15) is 14.7 Å². The van der Waals surface area contributed by atoms with E-state index in [1.54, 1.807) is 6.07 Å². The van der Waals surface area contributed by atoms with Gasteiger partial charge >= 0.3 is 5.97 Å². The van der Waals surface area contributed by atoms with Crippen molar-refractivity contribution in [3.63, 3.8) is 0 Å². The molecule has 1 amide bonds. The van der Waals surface area contributed by atoms with Crippen LogP contribution in [0.5, 0.6) is 5.75 Å². The Bertz CT molecular complexity index is 651. The summed E-state index contributed by atoms with van der Waals surface area (Å²) in [7, 11) is 0. The molecule has 2 N–H and O–H groups in total. The molecule has 5 nitrogen and oxygen atoms in total. The number of amides is 1. The van der Waals surface area contributed by atoms with Crippen LogP contribution < -0.4 is 10.1 Å². The van der Waals surface area contributed by atoms with Crippen molar-refractivity contribution in [1.82, 2.24) is 5.32 Å². The summed E-state index contributed by atoms with van der Waals surface area (Å²) in [5, 5.41) is 13.5. The second-order valence-electron chi connectivity index (χ2n) is 4.30. The lowest BCUT2D eigenvalue weighted by Gasteiger charge is -2.12. The SMILES string of the molecule is CC(=O)NCCOc1c(C(=O)O)ccc2ccccc12. The molecule has 0 saturated carbocycles. The first-order valence-corrected chi connectivity index (χ1v) is 6.22. The Hall–Kier alpha value is -2.56. The third-order valence-electron chi connectivity index (χ3n) is 2.83. The number of ether oxygens (including phenoxy) is 1. The van der Waals surface area contributed by atoms with Crippen molar-refractivity contribution in [3.05, 3.63) is 42.0 Å². The maximum absolute atomic E-state index is 11.3. The van der Waals surface area contributed by atoms with Crippen molar-refractivity contribution in [1.29, 1.82) is 0 Å². The van der Waals surface area contributed by atoms with Crippen LogP contribution in [-0.2, 0) is 4.79 Å². The minimum Gasteiger partial charge on any atom is -0.490 e. The van der Waals surface area contributed by atoms with Gasteiger partial charge in [0.15, 0.2) is 0 Å². The molecule has 20 heavy (non-hydrogen) atoms. The van der Waals surface area contributed by atoms with Crippen molar-refractivity contribution < 1.29 is 19.4 Å². The summed E-state index contributed by atoms with van der Waals surface area (Å²) >= 11 is 0. The Morgan fingerprint density at radius 1 is 1.20 bits per heavy atom. The first-order chi connectivity index (χ1) is 9.59. The van der Waals surface area contributed by atoms with E-state index in [0.29, 0.717) is 12.3 Å². The molecule has 0 atom stereocenters. The van der Waals surface area contributed by atoms with Crippen molar-refractivity contribution in [2.45, 2.75) is 6.92 Å². The minimum absolute atomic E-state index is 0.117. The Morgan fingerprint density at radius 2 is 1.95 bits per heavy atom. The highest BCUT2D eigenvalue weighted by atomic mass is 16.5. The molecule has 104 valence electrons. The van der Waals surface area contributed by atoms with Crippen LogP contribution in [0.4, 0.5) is 0 Å². The highest BCUT2D eigenvalue weighted by Crippen LogP contribution is 2.29. The van der Waals surface area contributed by atoms with Crippen LogP contribution in [0.1, 0.15) is 17.3 Å². The molecule has 0 aliphatic rings. The van der Waals surface area contributed by atoms with Crippen molar-refractivity contribution in [2.75, 3.05) is 13.2 Å². The molecule has 0 unspecified atom stereocenters. The van der Waals surface area contributed by atoms with Gasteiger partial charge in [-0.3, -0.25) is 4.79 Å². The summed E-state index contributed by atoms with van der Waals surface area (Å²) in [6.07, 6.45) is 0. The van der Waals surface area contributed by atoms with E-state index in [-0.39, 0.29) is 18.1 Å². The highest BCUT2D eigenvalue weighted by molar-refractivity contribution is 6.00. The molecule has 0 bridgehead atoms. The van der Waals surface area contributed by atoms with E-state index in [1.165, 1.54) is 13.0 Å². The first kappa shape index (κ1) is 13.9. The number of hydrogen-bond donors (Lipinski definition) is 2. The van der Waals surface area contributed by atoms with Crippen molar-refractivity contribution >= 4 is 22.6 Å². The first-order valence-electron chi connectivity index (χ1n) is 6.22. The van der Waals surface area contributed by atoms with Crippen LogP contribution >= 0.6 is 0 Å². The smallest absolute Gasteiger partial charge is 0.339 e. The summed E-state index contributed by atoms with van der Waals surface area (Å²) in [6, 6.07) is 10.7. The molecular formula is C15H15NO4. The molecule has 0 saturated heterocycles. The van der Waals surface area contributed by atoms with Gasteiger partial charge in [-0.1, -0.05) is 30.3 Å². The summed E-state index contributed by atoms with van der Waals surface area (Å²) in [6.45, 7) is 1.96. The molecule has 0 aromatic heterocycles. The molecule has 5 heteroatoms. The standard InChI is InChI=1S/C15H15NO4/c1-10(17)16-8-9-20-14-12-5-3-2-4-11(12)6-7-13(14)15(18)19/h2-7H,8-9H2,1H3,(H,16,17)(H,18,19). The second-order valence-corrected chi connectivity index (χ2v) is 4.30. The number of hydrogen-bond acceptors (Lipinski definition) is 3. The number of nitrogens with one attached hydrogen (secondary N) is 1. The van der Waals surface area contributed by atoms with E-state index in [0.717, 1.165) is 10.8 Å². The highest BCUT2D eigenvalue weighted by Gasteiger charge is 2.14. The van der Waals surface area contributed by atoms with Crippen molar-refractivity contribution in [2.24, 2.45) is 0 Å². The molecular weight excluding hydrogens is 258 g/mol. The number of fused-ring (bicyclic) bond motifs is 1. The summed E-state index contributed by atoms with van der Waals surface area (Å²) < 4.78 is 5.57. The zero-order chi connectivity index (χ0) is 14.5. The number of carbonyl (C=O) groups excluding carboxylic acids is 1.